The molecule has 0 aromatic heterocycles. The normalized spacial score (nSPS) is 11.8. The standard InChI is InChI=1S/C19H20Cl2N6O2/c20-14-8-4-12(5-9-14)16(24-26-18(22)28)2-1-3-17(25-27-19(23)29)13-6-10-15(21)11-7-13/h4-11H,1-3H2,(H3,22,26,28)(H3,23,27,29)/b24-16-,25-17-. The van der Waals surface area contributed by atoms with Crippen molar-refractivity contribution in [2.75, 3.05) is 0 Å². The number of benzene rings is 2. The lowest BCUT2D eigenvalue weighted by Crippen LogP contribution is -2.26. The van der Waals surface area contributed by atoms with E-state index in [1.807, 2.05) is 0 Å². The lowest BCUT2D eigenvalue weighted by Gasteiger charge is -2.10. The fourth-order valence-electron chi connectivity index (χ4n) is 2.48. The average molecular weight is 435 g/mol. The van der Waals surface area contributed by atoms with Crippen LogP contribution in [0.2, 0.25) is 10.0 Å². The molecule has 0 spiro atoms. The zero-order chi connectivity index (χ0) is 21.2. The van der Waals surface area contributed by atoms with Crippen molar-refractivity contribution >= 4 is 46.7 Å². The fourth-order valence-corrected chi connectivity index (χ4v) is 2.73. The van der Waals surface area contributed by atoms with Crippen molar-refractivity contribution in [3.8, 4) is 0 Å². The van der Waals surface area contributed by atoms with E-state index < -0.39 is 12.1 Å². The predicted molar refractivity (Wildman–Crippen MR) is 115 cm³/mol. The number of carbonyl (C=O) groups excluding carboxylic acids is 2. The lowest BCUT2D eigenvalue weighted by atomic mass is 10.0. The van der Waals surface area contributed by atoms with Crippen molar-refractivity contribution < 1.29 is 9.59 Å². The van der Waals surface area contributed by atoms with Gasteiger partial charge in [0.15, 0.2) is 0 Å². The van der Waals surface area contributed by atoms with Crippen LogP contribution in [0.15, 0.2) is 58.7 Å². The highest BCUT2D eigenvalue weighted by atomic mass is 35.5. The van der Waals surface area contributed by atoms with Gasteiger partial charge in [-0.05, 0) is 54.7 Å². The summed E-state index contributed by atoms with van der Waals surface area (Å²) in [6.45, 7) is 0. The summed E-state index contributed by atoms with van der Waals surface area (Å²) >= 11 is 11.9. The minimum Gasteiger partial charge on any atom is -0.350 e. The molecule has 0 saturated carbocycles. The molecule has 29 heavy (non-hydrogen) atoms. The molecule has 152 valence electrons. The molecule has 8 nitrogen and oxygen atoms in total. The van der Waals surface area contributed by atoms with Gasteiger partial charge in [-0.3, -0.25) is 0 Å². The second kappa shape index (κ2) is 11.0. The first-order valence-corrected chi connectivity index (χ1v) is 9.36. The fraction of sp³-hybridized carbons (Fsp3) is 0.158. The van der Waals surface area contributed by atoms with Crippen LogP contribution < -0.4 is 22.3 Å². The Bertz CT molecular complexity index is 836. The number of hydrogen-bond acceptors (Lipinski definition) is 4. The maximum Gasteiger partial charge on any atom is 0.332 e. The van der Waals surface area contributed by atoms with Crippen molar-refractivity contribution in [1.82, 2.24) is 10.9 Å². The van der Waals surface area contributed by atoms with Crippen LogP contribution in [0.5, 0.6) is 0 Å². The van der Waals surface area contributed by atoms with E-state index in [1.54, 1.807) is 48.5 Å². The molecule has 0 fully saturated rings. The summed E-state index contributed by atoms with van der Waals surface area (Å²) in [6, 6.07) is 12.6. The molecule has 4 amide bonds. The Balaban J connectivity index is 2.14. The van der Waals surface area contributed by atoms with Crippen LogP contribution in [0.4, 0.5) is 9.59 Å². The number of halogens is 2. The number of hydrogen-bond donors (Lipinski definition) is 4. The van der Waals surface area contributed by atoms with E-state index in [0.717, 1.165) is 11.1 Å². The lowest BCUT2D eigenvalue weighted by molar-refractivity contribution is 0.248. The van der Waals surface area contributed by atoms with E-state index >= 15 is 0 Å². The minimum atomic E-state index is -0.759. The molecular formula is C19H20Cl2N6O2. The average Bonchev–Trinajstić information content (AvgIpc) is 2.68. The Morgan fingerprint density at radius 3 is 1.38 bits per heavy atom. The molecule has 0 aliphatic rings. The summed E-state index contributed by atoms with van der Waals surface area (Å²) in [5, 5.41) is 9.34. The number of nitrogens with zero attached hydrogens (tertiary/aromatic N) is 2. The van der Waals surface area contributed by atoms with Crippen LogP contribution in [0.25, 0.3) is 0 Å². The van der Waals surface area contributed by atoms with Crippen LogP contribution >= 0.6 is 23.2 Å². The number of nitrogens with one attached hydrogen (secondary N) is 2. The summed E-state index contributed by atoms with van der Waals surface area (Å²) in [5.74, 6) is 0. The molecule has 0 aliphatic heterocycles. The number of primary amides is 2. The SMILES string of the molecule is NC(=O)N/N=C(/CCC/C(=N/NC(N)=O)c1ccc(Cl)cc1)c1ccc(Cl)cc1. The summed E-state index contributed by atoms with van der Waals surface area (Å²) in [5.41, 5.74) is 17.6. The van der Waals surface area contributed by atoms with Gasteiger partial charge in [0.05, 0.1) is 11.4 Å². The summed E-state index contributed by atoms with van der Waals surface area (Å²) in [7, 11) is 0. The van der Waals surface area contributed by atoms with Gasteiger partial charge in [0.1, 0.15) is 0 Å². The van der Waals surface area contributed by atoms with Crippen molar-refractivity contribution in [3.05, 3.63) is 69.7 Å². The molecule has 2 rings (SSSR count). The molecule has 0 atom stereocenters. The van der Waals surface area contributed by atoms with Gasteiger partial charge in [0.25, 0.3) is 0 Å². The molecule has 2 aromatic rings. The van der Waals surface area contributed by atoms with E-state index in [9.17, 15) is 9.59 Å². The largest absolute Gasteiger partial charge is 0.350 e. The number of amides is 4. The number of nitrogens with two attached hydrogens (primary N) is 2. The van der Waals surface area contributed by atoms with Crippen molar-refractivity contribution in [2.24, 2.45) is 21.7 Å². The van der Waals surface area contributed by atoms with Gasteiger partial charge >= 0.3 is 12.1 Å². The van der Waals surface area contributed by atoms with Crippen molar-refractivity contribution in [2.45, 2.75) is 19.3 Å². The highest BCUT2D eigenvalue weighted by Gasteiger charge is 2.09. The molecule has 0 saturated heterocycles. The summed E-state index contributed by atoms with van der Waals surface area (Å²) in [4.78, 5) is 22.1. The van der Waals surface area contributed by atoms with Crippen LogP contribution in [0, 0.1) is 0 Å². The van der Waals surface area contributed by atoms with Gasteiger partial charge in [-0.2, -0.15) is 10.2 Å². The highest BCUT2D eigenvalue weighted by molar-refractivity contribution is 6.31. The number of hydrazone groups is 2. The Kier molecular flexibility index (Phi) is 8.45. The molecule has 0 heterocycles. The van der Waals surface area contributed by atoms with Crippen molar-refractivity contribution in [3.63, 3.8) is 0 Å². The van der Waals surface area contributed by atoms with Gasteiger partial charge in [0, 0.05) is 10.0 Å². The highest BCUT2D eigenvalue weighted by Crippen LogP contribution is 2.16. The van der Waals surface area contributed by atoms with Crippen LogP contribution in [0.1, 0.15) is 30.4 Å². The van der Waals surface area contributed by atoms with Gasteiger partial charge in [-0.25, -0.2) is 20.4 Å². The Morgan fingerprint density at radius 1 is 0.724 bits per heavy atom. The smallest absolute Gasteiger partial charge is 0.332 e. The van der Waals surface area contributed by atoms with E-state index in [4.69, 9.17) is 34.7 Å². The second-order valence-corrected chi connectivity index (χ2v) is 6.81. The van der Waals surface area contributed by atoms with Crippen LogP contribution in [-0.2, 0) is 0 Å². The maximum absolute atomic E-state index is 11.0. The Hall–Kier alpha value is -3.10. The quantitative estimate of drug-likeness (QED) is 0.372. The molecule has 0 radical (unpaired) electrons. The first-order chi connectivity index (χ1) is 13.8. The van der Waals surface area contributed by atoms with E-state index in [0.29, 0.717) is 40.7 Å². The van der Waals surface area contributed by atoms with Gasteiger partial charge in [-0.15, -0.1) is 0 Å². The zero-order valence-electron chi connectivity index (χ0n) is 15.4. The number of rotatable bonds is 8. The Labute approximate surface area is 177 Å². The molecule has 0 unspecified atom stereocenters. The number of carbonyl (C=O) groups is 2. The maximum atomic E-state index is 11.0. The molecule has 0 bridgehead atoms. The molecule has 10 heteroatoms. The molecule has 2 aromatic carbocycles. The molecule has 6 N–H and O–H groups in total. The summed E-state index contributed by atoms with van der Waals surface area (Å²) in [6.07, 6.45) is 1.62. The summed E-state index contributed by atoms with van der Waals surface area (Å²) < 4.78 is 0. The van der Waals surface area contributed by atoms with Crippen LogP contribution in [0.3, 0.4) is 0 Å². The third kappa shape index (κ3) is 7.81. The monoisotopic (exact) mass is 434 g/mol. The second-order valence-electron chi connectivity index (χ2n) is 5.94. The predicted octanol–water partition coefficient (Wildman–Crippen LogP) is 3.61. The van der Waals surface area contributed by atoms with Gasteiger partial charge in [0.2, 0.25) is 0 Å². The third-order valence-corrected chi connectivity index (χ3v) is 4.29. The topological polar surface area (TPSA) is 135 Å². The first-order valence-electron chi connectivity index (χ1n) is 8.61. The first kappa shape index (κ1) is 22.2. The van der Waals surface area contributed by atoms with E-state index in [-0.39, 0.29) is 0 Å². The van der Waals surface area contributed by atoms with Gasteiger partial charge in [-0.1, -0.05) is 47.5 Å². The van der Waals surface area contributed by atoms with Crippen LogP contribution in [-0.4, -0.2) is 23.5 Å². The zero-order valence-corrected chi connectivity index (χ0v) is 16.9. The Morgan fingerprint density at radius 2 is 1.07 bits per heavy atom. The van der Waals surface area contributed by atoms with Gasteiger partial charge < -0.3 is 11.5 Å². The number of urea groups is 2. The molecular weight excluding hydrogens is 415 g/mol. The van der Waals surface area contributed by atoms with E-state index in [1.165, 1.54) is 0 Å². The minimum absolute atomic E-state index is 0.505. The van der Waals surface area contributed by atoms with E-state index in [2.05, 4.69) is 21.1 Å². The molecule has 0 aliphatic carbocycles. The van der Waals surface area contributed by atoms with Crippen molar-refractivity contribution in [1.29, 1.82) is 0 Å². The third-order valence-electron chi connectivity index (χ3n) is 3.78.